The Morgan fingerprint density at radius 3 is 2.71 bits per heavy atom. The van der Waals surface area contributed by atoms with Gasteiger partial charge >= 0.3 is 0 Å². The molecule has 0 saturated carbocycles. The molecule has 0 aromatic carbocycles. The molecular weight excluding hydrogens is 260 g/mol. The van der Waals surface area contributed by atoms with Crippen LogP contribution in [0.2, 0.25) is 0 Å². The van der Waals surface area contributed by atoms with Crippen molar-refractivity contribution in [2.45, 2.75) is 38.5 Å². The van der Waals surface area contributed by atoms with Crippen LogP contribution in [0.15, 0.2) is 36.2 Å². The molecule has 4 nitrogen and oxygen atoms in total. The Hall–Kier alpha value is -2.23. The third kappa shape index (κ3) is 2.42. The van der Waals surface area contributed by atoms with Crippen LogP contribution in [-0.2, 0) is 0 Å². The van der Waals surface area contributed by atoms with E-state index in [9.17, 15) is 0 Å². The quantitative estimate of drug-likeness (QED) is 0.919. The van der Waals surface area contributed by atoms with Crippen LogP contribution in [0.25, 0.3) is 16.6 Å². The maximum atomic E-state index is 4.75. The van der Waals surface area contributed by atoms with Crippen LogP contribution >= 0.6 is 0 Å². The third-order valence-corrected chi connectivity index (χ3v) is 4.10. The Morgan fingerprint density at radius 1 is 1.00 bits per heavy atom. The van der Waals surface area contributed by atoms with Gasteiger partial charge in [-0.3, -0.25) is 4.98 Å². The lowest BCUT2D eigenvalue weighted by Crippen LogP contribution is -2.05. The topological polar surface area (TPSA) is 50.7 Å². The van der Waals surface area contributed by atoms with Gasteiger partial charge in [-0.2, -0.15) is 0 Å². The van der Waals surface area contributed by atoms with Gasteiger partial charge in [0.2, 0.25) is 0 Å². The lowest BCUT2D eigenvalue weighted by atomic mass is 10.2. The summed E-state index contributed by atoms with van der Waals surface area (Å²) in [5.74, 6) is 1.70. The van der Waals surface area contributed by atoms with Crippen molar-refractivity contribution >= 4 is 22.4 Å². The van der Waals surface area contributed by atoms with Gasteiger partial charge < -0.3 is 5.32 Å². The number of rotatable bonds is 3. The molecule has 0 unspecified atom stereocenters. The summed E-state index contributed by atoms with van der Waals surface area (Å²) in [5, 5.41) is 3.47. The smallest absolute Gasteiger partial charge is 0.160 e. The van der Waals surface area contributed by atoms with E-state index in [1.54, 1.807) is 6.20 Å². The highest BCUT2D eigenvalue weighted by atomic mass is 15.1. The van der Waals surface area contributed by atoms with Crippen LogP contribution in [0.3, 0.4) is 0 Å². The molecule has 21 heavy (non-hydrogen) atoms. The molecule has 4 heteroatoms. The zero-order chi connectivity index (χ0) is 14.1. The largest absolute Gasteiger partial charge is 0.342 e. The predicted octanol–water partition coefficient (Wildman–Crippen LogP) is 4.07. The van der Waals surface area contributed by atoms with Crippen molar-refractivity contribution in [1.29, 1.82) is 0 Å². The highest BCUT2D eigenvalue weighted by molar-refractivity contribution is 5.87. The fourth-order valence-corrected chi connectivity index (χ4v) is 3.01. The van der Waals surface area contributed by atoms with Gasteiger partial charge in [0.25, 0.3) is 0 Å². The molecule has 2 aromatic heterocycles. The van der Waals surface area contributed by atoms with Crippen molar-refractivity contribution in [3.63, 3.8) is 0 Å². The van der Waals surface area contributed by atoms with E-state index >= 15 is 0 Å². The van der Waals surface area contributed by atoms with E-state index in [1.165, 1.54) is 24.1 Å². The summed E-state index contributed by atoms with van der Waals surface area (Å²) in [7, 11) is 0. The molecule has 2 aromatic rings. The molecule has 0 bridgehead atoms. The van der Waals surface area contributed by atoms with Crippen LogP contribution in [0.1, 0.15) is 44.3 Å². The molecule has 0 spiro atoms. The molecule has 0 aliphatic heterocycles. The summed E-state index contributed by atoms with van der Waals surface area (Å²) in [6.45, 7) is 0. The van der Waals surface area contributed by atoms with Crippen LogP contribution in [0.4, 0.5) is 5.82 Å². The number of nitrogens with zero attached hydrogens (tertiary/aromatic N) is 3. The van der Waals surface area contributed by atoms with Gasteiger partial charge in [0.15, 0.2) is 11.6 Å². The molecular formula is C17H18N4. The summed E-state index contributed by atoms with van der Waals surface area (Å²) in [6, 6.07) is 3.94. The van der Waals surface area contributed by atoms with E-state index in [0.717, 1.165) is 48.4 Å². The van der Waals surface area contributed by atoms with Crippen molar-refractivity contribution in [3.05, 3.63) is 42.0 Å². The Labute approximate surface area is 124 Å². The summed E-state index contributed by atoms with van der Waals surface area (Å²) in [5.41, 5.74) is 4.29. The lowest BCUT2D eigenvalue weighted by molar-refractivity contribution is 0.906. The van der Waals surface area contributed by atoms with E-state index in [1.807, 2.05) is 12.1 Å². The van der Waals surface area contributed by atoms with E-state index < -0.39 is 0 Å². The van der Waals surface area contributed by atoms with Gasteiger partial charge in [-0.15, -0.1) is 0 Å². The van der Waals surface area contributed by atoms with Crippen LogP contribution in [0.5, 0.6) is 0 Å². The number of pyridine rings is 1. The van der Waals surface area contributed by atoms with Gasteiger partial charge in [-0.25, -0.2) is 9.97 Å². The summed E-state index contributed by atoms with van der Waals surface area (Å²) in [4.78, 5) is 13.9. The van der Waals surface area contributed by atoms with Crippen molar-refractivity contribution in [1.82, 2.24) is 15.0 Å². The van der Waals surface area contributed by atoms with Crippen molar-refractivity contribution in [3.8, 4) is 0 Å². The second-order valence-corrected chi connectivity index (χ2v) is 5.64. The van der Waals surface area contributed by atoms with E-state index in [4.69, 9.17) is 9.97 Å². The molecule has 0 amide bonds. The first-order chi connectivity index (χ1) is 10.4. The predicted molar refractivity (Wildman–Crippen MR) is 84.7 cm³/mol. The fraction of sp³-hybridized carbons (Fsp3) is 0.353. The van der Waals surface area contributed by atoms with Crippen molar-refractivity contribution < 1.29 is 0 Å². The summed E-state index contributed by atoms with van der Waals surface area (Å²) >= 11 is 0. The zero-order valence-electron chi connectivity index (χ0n) is 12.0. The number of fused-ring (bicyclic) bond motifs is 1. The Balaban J connectivity index is 1.81. The molecule has 0 radical (unpaired) electrons. The monoisotopic (exact) mass is 278 g/mol. The Morgan fingerprint density at radius 2 is 1.90 bits per heavy atom. The minimum atomic E-state index is 0.844. The molecule has 4 rings (SSSR count). The molecule has 0 saturated heterocycles. The first-order valence-electron chi connectivity index (χ1n) is 7.68. The number of hydrogen-bond donors (Lipinski definition) is 1. The lowest BCUT2D eigenvalue weighted by Gasteiger charge is -2.11. The van der Waals surface area contributed by atoms with Crippen LogP contribution < -0.4 is 5.32 Å². The van der Waals surface area contributed by atoms with E-state index in [-0.39, 0.29) is 0 Å². The van der Waals surface area contributed by atoms with Crippen molar-refractivity contribution in [2.75, 3.05) is 5.32 Å². The Kier molecular flexibility index (Phi) is 3.14. The maximum absolute atomic E-state index is 4.75. The molecule has 0 fully saturated rings. The number of nitrogens with one attached hydrogen (secondary N) is 1. The molecule has 106 valence electrons. The average molecular weight is 278 g/mol. The fourth-order valence-electron chi connectivity index (χ4n) is 3.01. The maximum Gasteiger partial charge on any atom is 0.160 e. The SMILES string of the molecule is C1=C(Nc2nc(C3=CCCC3)nc3cccnc23)CCC1. The number of hydrogen-bond acceptors (Lipinski definition) is 4. The molecule has 2 heterocycles. The molecule has 2 aliphatic rings. The number of allylic oxidation sites excluding steroid dienone is 4. The summed E-state index contributed by atoms with van der Waals surface area (Å²) in [6.07, 6.45) is 13.2. The van der Waals surface area contributed by atoms with Gasteiger partial charge in [0, 0.05) is 11.9 Å². The zero-order valence-corrected chi connectivity index (χ0v) is 12.0. The second kappa shape index (κ2) is 5.28. The van der Waals surface area contributed by atoms with E-state index in [0.29, 0.717) is 0 Å². The van der Waals surface area contributed by atoms with Gasteiger partial charge in [-0.1, -0.05) is 12.2 Å². The minimum absolute atomic E-state index is 0.844. The highest BCUT2D eigenvalue weighted by Gasteiger charge is 2.15. The Bertz CT molecular complexity index is 746. The minimum Gasteiger partial charge on any atom is -0.342 e. The summed E-state index contributed by atoms with van der Waals surface area (Å²) < 4.78 is 0. The highest BCUT2D eigenvalue weighted by Crippen LogP contribution is 2.29. The first kappa shape index (κ1) is 12.5. The van der Waals surface area contributed by atoms with Crippen LogP contribution in [0, 0.1) is 0 Å². The third-order valence-electron chi connectivity index (χ3n) is 4.10. The standard InChI is InChI=1S/C17H18N4/c1-2-7-12(6-1)16-20-14-10-5-11-18-15(14)17(21-16)19-13-8-3-4-9-13/h5-6,8,10-11H,1-4,7,9H2,(H,19,20,21). The second-order valence-electron chi connectivity index (χ2n) is 5.64. The number of anilines is 1. The molecule has 0 atom stereocenters. The number of aromatic nitrogens is 3. The normalized spacial score (nSPS) is 17.9. The van der Waals surface area contributed by atoms with Gasteiger partial charge in [0.05, 0.1) is 5.52 Å². The molecule has 1 N–H and O–H groups in total. The van der Waals surface area contributed by atoms with E-state index in [2.05, 4.69) is 22.5 Å². The average Bonchev–Trinajstić information content (AvgIpc) is 3.20. The van der Waals surface area contributed by atoms with Crippen molar-refractivity contribution in [2.24, 2.45) is 0 Å². The van der Waals surface area contributed by atoms with Gasteiger partial charge in [-0.05, 0) is 56.2 Å². The van der Waals surface area contributed by atoms with Gasteiger partial charge in [0.1, 0.15) is 5.52 Å². The first-order valence-corrected chi connectivity index (χ1v) is 7.68. The molecule has 2 aliphatic carbocycles. The van der Waals surface area contributed by atoms with Crippen LogP contribution in [-0.4, -0.2) is 15.0 Å².